The van der Waals surface area contributed by atoms with E-state index in [-0.39, 0.29) is 37.0 Å². The van der Waals surface area contributed by atoms with Crippen molar-refractivity contribution in [2.45, 2.75) is 78.3 Å². The van der Waals surface area contributed by atoms with E-state index in [9.17, 15) is 14.7 Å². The van der Waals surface area contributed by atoms with E-state index in [1.165, 1.54) is 11.0 Å². The average Bonchev–Trinajstić information content (AvgIpc) is 3.54. The molecule has 1 atom stereocenters. The van der Waals surface area contributed by atoms with Crippen molar-refractivity contribution in [3.63, 3.8) is 0 Å². The van der Waals surface area contributed by atoms with Crippen LogP contribution in [0.5, 0.6) is 0 Å². The molecule has 2 aliphatic rings. The van der Waals surface area contributed by atoms with E-state index >= 15 is 4.39 Å². The van der Waals surface area contributed by atoms with E-state index in [0.29, 0.717) is 57.9 Å². The highest BCUT2D eigenvalue weighted by atomic mass is 19.1. The average molecular weight is 687 g/mol. The number of nitrogens with one attached hydrogen (secondary N) is 3. The Morgan fingerprint density at radius 1 is 1.04 bits per heavy atom. The summed E-state index contributed by atoms with van der Waals surface area (Å²) in [6.45, 7) is 11.0. The van der Waals surface area contributed by atoms with Gasteiger partial charge in [-0.25, -0.2) is 23.6 Å². The minimum Gasteiger partial charge on any atom is -0.465 e. The fourth-order valence-corrected chi connectivity index (χ4v) is 6.97. The zero-order chi connectivity index (χ0) is 35.2. The molecule has 0 radical (unpaired) electrons. The monoisotopic (exact) mass is 686 g/mol. The molecule has 6 rings (SSSR count). The van der Waals surface area contributed by atoms with Gasteiger partial charge in [0.05, 0.1) is 17.3 Å². The molecule has 0 aliphatic carbocycles. The van der Waals surface area contributed by atoms with Crippen LogP contribution in [0.4, 0.5) is 19.7 Å². The molecule has 2 aliphatic heterocycles. The molecule has 2 saturated heterocycles. The van der Waals surface area contributed by atoms with Crippen LogP contribution in [-0.4, -0.2) is 86.7 Å². The Balaban J connectivity index is 1.11. The quantitative estimate of drug-likeness (QED) is 0.160. The molecule has 13 heteroatoms. The number of aromatic nitrogens is 3. The van der Waals surface area contributed by atoms with Crippen LogP contribution < -0.4 is 16.0 Å². The number of pyridine rings is 1. The summed E-state index contributed by atoms with van der Waals surface area (Å²) in [6, 6.07) is 12.5. The van der Waals surface area contributed by atoms with Gasteiger partial charge >= 0.3 is 12.1 Å². The third-order valence-corrected chi connectivity index (χ3v) is 9.69. The molecule has 2 aromatic carbocycles. The largest absolute Gasteiger partial charge is 0.465 e. The number of halogens is 1. The van der Waals surface area contributed by atoms with Gasteiger partial charge in [-0.1, -0.05) is 31.2 Å². The van der Waals surface area contributed by atoms with Gasteiger partial charge in [-0.15, -0.1) is 0 Å². The van der Waals surface area contributed by atoms with Crippen LogP contribution in [0.2, 0.25) is 0 Å². The van der Waals surface area contributed by atoms with Crippen LogP contribution in [-0.2, 0) is 37.3 Å². The smallest absolute Gasteiger partial charge is 0.407 e. The van der Waals surface area contributed by atoms with Gasteiger partial charge < -0.3 is 30.7 Å². The number of ether oxygens (including phenoxy) is 1. The summed E-state index contributed by atoms with van der Waals surface area (Å²) in [5, 5.41) is 24.6. The van der Waals surface area contributed by atoms with Gasteiger partial charge in [-0.3, -0.25) is 4.90 Å². The summed E-state index contributed by atoms with van der Waals surface area (Å²) >= 11 is 0. The zero-order valence-electron chi connectivity index (χ0n) is 29.0. The van der Waals surface area contributed by atoms with Crippen molar-refractivity contribution in [1.82, 2.24) is 35.2 Å². The lowest BCUT2D eigenvalue weighted by Gasteiger charge is -2.38. The Labute approximate surface area is 292 Å². The number of carbonyl (C=O) groups is 2. The summed E-state index contributed by atoms with van der Waals surface area (Å²) in [4.78, 5) is 33.2. The van der Waals surface area contributed by atoms with Crippen molar-refractivity contribution < 1.29 is 23.8 Å². The molecule has 4 heterocycles. The molecule has 4 N–H and O–H groups in total. The standard InChI is InChI=1S/C37H47FN8O4/c1-4-33-30(34(42-28-11-15-50-16-12-28)31-21-41-46(5-2)35(31)43-33)20-40-36(47)39-19-25-9-10-32(38)29(18-25)27-8-6-7-26(17-27)23-44-13-14-45(37(48)49)24(3)22-44/h6-10,17-18,21,24,28H,4-5,11-16,19-20,22-23H2,1-3H3,(H,42,43)(H,48,49)(H2,39,40,47)/t24-/m0/s1. The molecule has 0 saturated carbocycles. The molecular formula is C37H47FN8O4. The fraction of sp³-hybridized carbons (Fsp3) is 0.459. The number of piperazine rings is 1. The highest BCUT2D eigenvalue weighted by Gasteiger charge is 2.27. The van der Waals surface area contributed by atoms with Crippen molar-refractivity contribution in [3.8, 4) is 11.1 Å². The van der Waals surface area contributed by atoms with Crippen molar-refractivity contribution >= 4 is 28.8 Å². The third-order valence-electron chi connectivity index (χ3n) is 9.69. The number of fused-ring (bicyclic) bond motifs is 1. The second-order valence-corrected chi connectivity index (χ2v) is 13.1. The van der Waals surface area contributed by atoms with E-state index in [2.05, 4.69) is 32.9 Å². The first-order valence-corrected chi connectivity index (χ1v) is 17.6. The van der Waals surface area contributed by atoms with Gasteiger partial charge in [0.25, 0.3) is 0 Å². The molecule has 3 amide bonds. The Morgan fingerprint density at radius 3 is 2.58 bits per heavy atom. The van der Waals surface area contributed by atoms with E-state index in [1.54, 1.807) is 12.1 Å². The number of carbonyl (C=O) groups excluding carboxylic acids is 1. The second kappa shape index (κ2) is 15.9. The van der Waals surface area contributed by atoms with Crippen LogP contribution in [0.25, 0.3) is 22.2 Å². The van der Waals surface area contributed by atoms with Crippen molar-refractivity contribution in [2.24, 2.45) is 0 Å². The molecule has 50 heavy (non-hydrogen) atoms. The Hall–Kier alpha value is -4.75. The maximum absolute atomic E-state index is 15.1. The summed E-state index contributed by atoms with van der Waals surface area (Å²) in [5.41, 5.74) is 6.64. The van der Waals surface area contributed by atoms with Crippen LogP contribution in [0.15, 0.2) is 48.7 Å². The molecule has 4 aromatic rings. The minimum atomic E-state index is -0.893. The first kappa shape index (κ1) is 35.1. The topological polar surface area (TPSA) is 137 Å². The fourth-order valence-electron chi connectivity index (χ4n) is 6.97. The van der Waals surface area contributed by atoms with Crippen LogP contribution in [0, 0.1) is 5.82 Å². The molecule has 0 unspecified atom stereocenters. The van der Waals surface area contributed by atoms with Crippen LogP contribution >= 0.6 is 0 Å². The van der Waals surface area contributed by atoms with E-state index < -0.39 is 6.09 Å². The number of anilines is 1. The first-order valence-electron chi connectivity index (χ1n) is 17.6. The lowest BCUT2D eigenvalue weighted by Crippen LogP contribution is -2.53. The van der Waals surface area contributed by atoms with Gasteiger partial charge in [-0.05, 0) is 68.0 Å². The molecule has 2 fully saturated rings. The predicted molar refractivity (Wildman–Crippen MR) is 190 cm³/mol. The maximum atomic E-state index is 15.1. The molecular weight excluding hydrogens is 639 g/mol. The number of aryl methyl sites for hydroxylation is 2. The number of hydrogen-bond acceptors (Lipinski definition) is 7. The maximum Gasteiger partial charge on any atom is 0.407 e. The normalized spacial score (nSPS) is 17.2. The van der Waals surface area contributed by atoms with Crippen molar-refractivity contribution in [1.29, 1.82) is 0 Å². The third kappa shape index (κ3) is 8.00. The molecule has 12 nitrogen and oxygen atoms in total. The summed E-state index contributed by atoms with van der Waals surface area (Å²) in [5.74, 6) is -0.343. The molecule has 266 valence electrons. The minimum absolute atomic E-state index is 0.0981. The SMILES string of the molecule is CCc1nc2c(cnn2CC)c(NC2CCOCC2)c1CNC(=O)NCc1ccc(F)c(-c2cccc(CN3CCN(C(=O)O)[C@@H](C)C3)c2)c1. The lowest BCUT2D eigenvalue weighted by molar-refractivity contribution is 0.0711. The van der Waals surface area contributed by atoms with Gasteiger partial charge in [0.15, 0.2) is 5.65 Å². The number of amides is 3. The Morgan fingerprint density at radius 2 is 1.84 bits per heavy atom. The number of urea groups is 1. The molecule has 0 bridgehead atoms. The number of rotatable bonds is 11. The van der Waals surface area contributed by atoms with Gasteiger partial charge in [0, 0.05) is 87.9 Å². The van der Waals surface area contributed by atoms with Gasteiger partial charge in [0.1, 0.15) is 5.82 Å². The van der Waals surface area contributed by atoms with Crippen molar-refractivity contribution in [2.75, 3.05) is 38.2 Å². The van der Waals surface area contributed by atoms with E-state index in [4.69, 9.17) is 9.72 Å². The number of hydrogen-bond donors (Lipinski definition) is 4. The summed E-state index contributed by atoms with van der Waals surface area (Å²) < 4.78 is 22.6. The summed E-state index contributed by atoms with van der Waals surface area (Å²) in [7, 11) is 0. The number of carboxylic acid groups (broad SMARTS) is 1. The van der Waals surface area contributed by atoms with Crippen LogP contribution in [0.3, 0.4) is 0 Å². The van der Waals surface area contributed by atoms with E-state index in [1.807, 2.05) is 49.0 Å². The van der Waals surface area contributed by atoms with E-state index in [0.717, 1.165) is 57.5 Å². The Bertz CT molecular complexity index is 1820. The Kier molecular flexibility index (Phi) is 11.1. The first-order chi connectivity index (χ1) is 24.2. The van der Waals surface area contributed by atoms with Gasteiger partial charge in [-0.2, -0.15) is 5.10 Å². The second-order valence-electron chi connectivity index (χ2n) is 13.1. The molecule has 2 aromatic heterocycles. The predicted octanol–water partition coefficient (Wildman–Crippen LogP) is 5.59. The number of benzene rings is 2. The number of nitrogens with zero attached hydrogens (tertiary/aromatic N) is 5. The molecule has 0 spiro atoms. The highest BCUT2D eigenvalue weighted by Crippen LogP contribution is 2.31. The highest BCUT2D eigenvalue weighted by molar-refractivity contribution is 5.92. The lowest BCUT2D eigenvalue weighted by atomic mass is 10.00. The zero-order valence-corrected chi connectivity index (χ0v) is 29.0. The van der Waals surface area contributed by atoms with Crippen LogP contribution in [0.1, 0.15) is 56.0 Å². The summed E-state index contributed by atoms with van der Waals surface area (Å²) in [6.07, 6.45) is 3.45. The van der Waals surface area contributed by atoms with Crippen molar-refractivity contribution in [3.05, 3.63) is 76.9 Å². The van der Waals surface area contributed by atoms with Gasteiger partial charge in [0.2, 0.25) is 0 Å².